The Morgan fingerprint density at radius 2 is 1.91 bits per heavy atom. The number of alkyl halides is 1. The molecule has 8 atom stereocenters. The van der Waals surface area contributed by atoms with Crippen LogP contribution in [0.2, 0.25) is 0 Å². The molecule has 4 fully saturated rings. The van der Waals surface area contributed by atoms with E-state index >= 15 is 4.39 Å². The lowest BCUT2D eigenvalue weighted by Crippen LogP contribution is -2.58. The Morgan fingerprint density at radius 1 is 1.09 bits per heavy atom. The van der Waals surface area contributed by atoms with E-state index in [2.05, 4.69) is 13.1 Å². The van der Waals surface area contributed by atoms with Crippen LogP contribution in [0.15, 0.2) is 6.20 Å². The Kier molecular flexibility index (Phi) is 5.15. The molecule has 182 valence electrons. The van der Waals surface area contributed by atoms with Crippen molar-refractivity contribution in [3.05, 3.63) is 17.5 Å². The summed E-state index contributed by atoms with van der Waals surface area (Å²) in [5.41, 5.74) is 0.729. The molecule has 4 nitrogen and oxygen atoms in total. The molecular weight excluding hydrogens is 415 g/mol. The van der Waals surface area contributed by atoms with Gasteiger partial charge >= 0.3 is 0 Å². The zero-order valence-electron chi connectivity index (χ0n) is 20.5. The normalized spacial score (nSPS) is 46.7. The number of carbonyl (C=O) groups excluding carboxylic acids is 1. The number of hydrogen-bond donors (Lipinski definition) is 1. The van der Waals surface area contributed by atoms with Gasteiger partial charge in [-0.05, 0) is 125 Å². The largest absolute Gasteiger partial charge is 0.390 e. The number of aryl methyl sites for hydroxylation is 2. The molecule has 0 aliphatic heterocycles. The average molecular weight is 457 g/mol. The number of hydrogen-bond acceptors (Lipinski definition) is 3. The molecule has 5 heteroatoms. The van der Waals surface area contributed by atoms with Crippen LogP contribution in [0, 0.1) is 35.0 Å². The highest BCUT2D eigenvalue weighted by Crippen LogP contribution is 2.66. The van der Waals surface area contributed by atoms with Gasteiger partial charge in [0.2, 0.25) is 0 Å². The predicted octanol–water partition coefficient (Wildman–Crippen LogP) is 5.44. The lowest BCUT2D eigenvalue weighted by molar-refractivity contribution is -0.166. The molecular formula is C28H41FN2O2. The summed E-state index contributed by atoms with van der Waals surface area (Å²) in [6.45, 7) is 4.64. The number of aromatic nitrogens is 2. The summed E-state index contributed by atoms with van der Waals surface area (Å²) in [6.07, 6.45) is 14.3. The standard InChI is InChI=1S/C28H41FN2O2/c1-26(33)13-14-28(29)19(15-26)7-8-20-21-9-10-23(27(21,2)12-11-22(20)28)25(32)17-31-16-18-5-3-4-6-24(18)30-31/h16,19-23,33H,3-15,17H2,1-2H3/t19-,20+,21+,22+,23-,26-,27+,28-/m1/s1. The smallest absolute Gasteiger partial charge is 0.157 e. The van der Waals surface area contributed by atoms with Crippen molar-refractivity contribution in [2.45, 2.75) is 115 Å². The Labute approximate surface area is 197 Å². The molecule has 6 rings (SSSR count). The molecule has 0 radical (unpaired) electrons. The van der Waals surface area contributed by atoms with E-state index in [1.165, 1.54) is 24.1 Å². The van der Waals surface area contributed by atoms with E-state index in [-0.39, 0.29) is 23.2 Å². The minimum absolute atomic E-state index is 0.00831. The molecule has 4 saturated carbocycles. The molecule has 33 heavy (non-hydrogen) atoms. The van der Waals surface area contributed by atoms with Gasteiger partial charge in [0.15, 0.2) is 5.78 Å². The zero-order chi connectivity index (χ0) is 23.0. The summed E-state index contributed by atoms with van der Waals surface area (Å²) in [4.78, 5) is 13.5. The summed E-state index contributed by atoms with van der Waals surface area (Å²) in [7, 11) is 0. The number of carbonyl (C=O) groups is 1. The molecule has 1 N–H and O–H groups in total. The zero-order valence-corrected chi connectivity index (χ0v) is 20.5. The fourth-order valence-electron chi connectivity index (χ4n) is 9.39. The summed E-state index contributed by atoms with van der Waals surface area (Å²) in [5, 5.41) is 15.3. The molecule has 1 heterocycles. The number of halogens is 1. The van der Waals surface area contributed by atoms with E-state index in [1.54, 1.807) is 0 Å². The molecule has 1 aromatic rings. The van der Waals surface area contributed by atoms with Gasteiger partial charge in [-0.15, -0.1) is 0 Å². The molecule has 0 unspecified atom stereocenters. The fraction of sp³-hybridized carbons (Fsp3) is 0.857. The van der Waals surface area contributed by atoms with E-state index in [9.17, 15) is 9.90 Å². The van der Waals surface area contributed by atoms with Crippen molar-refractivity contribution in [2.75, 3.05) is 0 Å². The topological polar surface area (TPSA) is 55.1 Å². The maximum absolute atomic E-state index is 16.5. The average Bonchev–Trinajstić information content (AvgIpc) is 3.34. The third-order valence-corrected chi connectivity index (χ3v) is 11.1. The van der Waals surface area contributed by atoms with Crippen LogP contribution in [0.25, 0.3) is 0 Å². The van der Waals surface area contributed by atoms with Crippen LogP contribution in [-0.2, 0) is 24.2 Å². The molecule has 0 saturated heterocycles. The first kappa shape index (κ1) is 22.2. The minimum atomic E-state index is -1.11. The molecule has 5 aliphatic rings. The first-order chi connectivity index (χ1) is 15.7. The first-order valence-electron chi connectivity index (χ1n) is 13.7. The van der Waals surface area contributed by atoms with E-state index < -0.39 is 11.3 Å². The van der Waals surface area contributed by atoms with Crippen LogP contribution in [-0.4, -0.2) is 31.9 Å². The Balaban J connectivity index is 1.19. The van der Waals surface area contributed by atoms with E-state index in [4.69, 9.17) is 5.10 Å². The maximum atomic E-state index is 16.5. The summed E-state index contributed by atoms with van der Waals surface area (Å²) in [5.74, 6) is 1.43. The lowest BCUT2D eigenvalue weighted by atomic mass is 9.48. The fourth-order valence-corrected chi connectivity index (χ4v) is 9.39. The molecule has 0 amide bonds. The van der Waals surface area contributed by atoms with Crippen molar-refractivity contribution < 1.29 is 14.3 Å². The maximum Gasteiger partial charge on any atom is 0.157 e. The number of Topliss-reactive ketones (excluding diaryl/α,β-unsaturated/α-hetero) is 1. The van der Waals surface area contributed by atoms with Crippen molar-refractivity contribution >= 4 is 5.78 Å². The number of rotatable bonds is 3. The van der Waals surface area contributed by atoms with Crippen LogP contribution in [0.5, 0.6) is 0 Å². The highest BCUT2D eigenvalue weighted by Gasteiger charge is 2.63. The number of aliphatic hydroxyl groups is 1. The highest BCUT2D eigenvalue weighted by molar-refractivity contribution is 5.82. The van der Waals surface area contributed by atoms with Crippen molar-refractivity contribution in [2.24, 2.45) is 35.0 Å². The van der Waals surface area contributed by atoms with Crippen molar-refractivity contribution in [3.63, 3.8) is 0 Å². The SMILES string of the molecule is C[C@@]1(O)CC[C@@]2(F)[C@H](CC[C@H]3[C@@H]4CC[C@H](C(=O)Cn5cc6c(n5)CCCC6)[C@@]4(C)CC[C@@H]32)C1. The van der Waals surface area contributed by atoms with Crippen molar-refractivity contribution in [1.82, 2.24) is 9.78 Å². The quantitative estimate of drug-likeness (QED) is 0.659. The van der Waals surface area contributed by atoms with Gasteiger partial charge in [-0.25, -0.2) is 4.39 Å². The van der Waals surface area contributed by atoms with E-state index in [0.717, 1.165) is 51.4 Å². The number of ketones is 1. The van der Waals surface area contributed by atoms with Crippen LogP contribution >= 0.6 is 0 Å². The van der Waals surface area contributed by atoms with Crippen molar-refractivity contribution in [1.29, 1.82) is 0 Å². The van der Waals surface area contributed by atoms with E-state index in [1.807, 2.05) is 11.6 Å². The summed E-state index contributed by atoms with van der Waals surface area (Å²) >= 11 is 0. The third kappa shape index (κ3) is 3.46. The minimum Gasteiger partial charge on any atom is -0.390 e. The van der Waals surface area contributed by atoms with Gasteiger partial charge in [0.25, 0.3) is 0 Å². The molecule has 0 bridgehead atoms. The Hall–Kier alpha value is -1.23. The van der Waals surface area contributed by atoms with Crippen LogP contribution in [0.1, 0.15) is 95.7 Å². The summed E-state index contributed by atoms with van der Waals surface area (Å²) < 4.78 is 18.5. The van der Waals surface area contributed by atoms with Crippen LogP contribution in [0.3, 0.4) is 0 Å². The lowest BCUT2D eigenvalue weighted by Gasteiger charge is -2.59. The van der Waals surface area contributed by atoms with Gasteiger partial charge in [-0.2, -0.15) is 5.10 Å². The van der Waals surface area contributed by atoms with Gasteiger partial charge in [0, 0.05) is 12.1 Å². The Bertz CT molecular complexity index is 917. The molecule has 1 aromatic heterocycles. The number of fused-ring (bicyclic) bond motifs is 6. The van der Waals surface area contributed by atoms with Crippen LogP contribution in [0.4, 0.5) is 4.39 Å². The van der Waals surface area contributed by atoms with Crippen LogP contribution < -0.4 is 0 Å². The van der Waals surface area contributed by atoms with E-state index in [0.29, 0.717) is 43.4 Å². The van der Waals surface area contributed by atoms with Gasteiger partial charge in [0.1, 0.15) is 5.67 Å². The second kappa shape index (κ2) is 7.63. The van der Waals surface area contributed by atoms with Gasteiger partial charge in [-0.3, -0.25) is 9.48 Å². The highest BCUT2D eigenvalue weighted by atomic mass is 19.1. The third-order valence-electron chi connectivity index (χ3n) is 11.1. The first-order valence-corrected chi connectivity index (χ1v) is 13.7. The van der Waals surface area contributed by atoms with Gasteiger partial charge in [0.05, 0.1) is 17.8 Å². The molecule has 5 aliphatic carbocycles. The predicted molar refractivity (Wildman–Crippen MR) is 125 cm³/mol. The second-order valence-corrected chi connectivity index (χ2v) is 12.9. The molecule has 0 spiro atoms. The number of nitrogens with zero attached hydrogens (tertiary/aromatic N) is 2. The monoisotopic (exact) mass is 456 g/mol. The Morgan fingerprint density at radius 3 is 2.73 bits per heavy atom. The molecule has 0 aromatic carbocycles. The second-order valence-electron chi connectivity index (χ2n) is 12.9. The van der Waals surface area contributed by atoms with Crippen molar-refractivity contribution in [3.8, 4) is 0 Å². The van der Waals surface area contributed by atoms with Gasteiger partial charge < -0.3 is 5.11 Å². The summed E-state index contributed by atoms with van der Waals surface area (Å²) in [6, 6.07) is 0. The van der Waals surface area contributed by atoms with Gasteiger partial charge in [-0.1, -0.05) is 6.92 Å².